The van der Waals surface area contributed by atoms with Crippen LogP contribution in [0.3, 0.4) is 0 Å². The predicted molar refractivity (Wildman–Crippen MR) is 111 cm³/mol. The van der Waals surface area contributed by atoms with E-state index in [0.29, 0.717) is 6.61 Å². The van der Waals surface area contributed by atoms with E-state index < -0.39 is 80.4 Å². The zero-order valence-electron chi connectivity index (χ0n) is 19.9. The molecule has 5 rings (SSSR count). The molecule has 16 atom stereocenters. The van der Waals surface area contributed by atoms with E-state index in [1.807, 2.05) is 13.8 Å². The number of ether oxygens (including phenoxy) is 8. The van der Waals surface area contributed by atoms with Crippen LogP contribution in [0, 0.1) is 11.8 Å². The molecule has 0 aromatic rings. The zero-order chi connectivity index (χ0) is 25.0. The van der Waals surface area contributed by atoms with Crippen LogP contribution in [0.1, 0.15) is 20.8 Å². The van der Waals surface area contributed by atoms with Crippen LogP contribution < -0.4 is 0 Å². The summed E-state index contributed by atoms with van der Waals surface area (Å²) in [7, 11) is 0. The number of fused-ring (bicyclic) bond motifs is 3. The lowest BCUT2D eigenvalue weighted by atomic mass is 9.86. The average Bonchev–Trinajstić information content (AvgIpc) is 3.30. The number of aliphatic hydroxyl groups is 5. The number of hydrogen-bond donors (Lipinski definition) is 5. The third-order valence-electron chi connectivity index (χ3n) is 7.76. The molecule has 13 nitrogen and oxygen atoms in total. The smallest absolute Gasteiger partial charge is 0.187 e. The van der Waals surface area contributed by atoms with Gasteiger partial charge in [0.2, 0.25) is 0 Å². The summed E-state index contributed by atoms with van der Waals surface area (Å²) >= 11 is 0. The number of hydrogen-bond acceptors (Lipinski definition) is 13. The number of rotatable bonds is 5. The highest BCUT2D eigenvalue weighted by Crippen LogP contribution is 2.39. The van der Waals surface area contributed by atoms with Gasteiger partial charge in [0.05, 0.1) is 25.9 Å². The molecule has 5 fully saturated rings. The van der Waals surface area contributed by atoms with E-state index in [4.69, 9.17) is 37.9 Å². The lowest BCUT2D eigenvalue weighted by Gasteiger charge is -2.49. The van der Waals surface area contributed by atoms with Crippen molar-refractivity contribution in [2.45, 2.75) is 107 Å². The molecule has 5 saturated heterocycles. The van der Waals surface area contributed by atoms with Crippen LogP contribution in [-0.2, 0) is 37.9 Å². The molecule has 0 radical (unpaired) electrons. The fourth-order valence-corrected chi connectivity index (χ4v) is 5.44. The van der Waals surface area contributed by atoms with Gasteiger partial charge in [-0.1, -0.05) is 13.8 Å². The maximum absolute atomic E-state index is 10.9. The maximum atomic E-state index is 10.9. The van der Waals surface area contributed by atoms with Crippen molar-refractivity contribution in [1.29, 1.82) is 0 Å². The Kier molecular flexibility index (Phi) is 7.70. The van der Waals surface area contributed by atoms with Crippen molar-refractivity contribution in [3.05, 3.63) is 0 Å². The molecular formula is C22H36O13. The third-order valence-corrected chi connectivity index (χ3v) is 7.76. The summed E-state index contributed by atoms with van der Waals surface area (Å²) in [6.45, 7) is 5.52. The Hall–Kier alpha value is -0.520. The van der Waals surface area contributed by atoms with Crippen LogP contribution in [0.15, 0.2) is 0 Å². The van der Waals surface area contributed by atoms with E-state index in [2.05, 4.69) is 0 Å². The van der Waals surface area contributed by atoms with Crippen molar-refractivity contribution in [2.75, 3.05) is 19.8 Å². The summed E-state index contributed by atoms with van der Waals surface area (Å²) in [5.74, 6) is 0.0728. The van der Waals surface area contributed by atoms with Crippen LogP contribution in [0.25, 0.3) is 0 Å². The maximum Gasteiger partial charge on any atom is 0.187 e. The van der Waals surface area contributed by atoms with Gasteiger partial charge in [-0.25, -0.2) is 0 Å². The number of aliphatic hydroxyl groups excluding tert-OH is 5. The van der Waals surface area contributed by atoms with Crippen molar-refractivity contribution in [2.24, 2.45) is 11.8 Å². The van der Waals surface area contributed by atoms with Crippen LogP contribution in [-0.4, -0.2) is 132 Å². The van der Waals surface area contributed by atoms with Crippen LogP contribution >= 0.6 is 0 Å². The van der Waals surface area contributed by atoms with Crippen LogP contribution in [0.4, 0.5) is 0 Å². The van der Waals surface area contributed by atoms with Crippen LogP contribution in [0.2, 0.25) is 0 Å². The van der Waals surface area contributed by atoms with Gasteiger partial charge in [-0.05, 0) is 12.8 Å². The van der Waals surface area contributed by atoms with Gasteiger partial charge >= 0.3 is 0 Å². The molecule has 7 unspecified atom stereocenters. The summed E-state index contributed by atoms with van der Waals surface area (Å²) in [5.41, 5.74) is 0. The first-order chi connectivity index (χ1) is 16.7. The van der Waals surface area contributed by atoms with E-state index in [9.17, 15) is 25.5 Å². The molecule has 5 aliphatic heterocycles. The first-order valence-corrected chi connectivity index (χ1v) is 12.2. The lowest BCUT2D eigenvalue weighted by molar-refractivity contribution is -0.386. The molecule has 0 aliphatic carbocycles. The van der Waals surface area contributed by atoms with Gasteiger partial charge in [-0.2, -0.15) is 0 Å². The van der Waals surface area contributed by atoms with E-state index in [1.54, 1.807) is 6.92 Å². The van der Waals surface area contributed by atoms with Crippen molar-refractivity contribution in [3.8, 4) is 0 Å². The highest BCUT2D eigenvalue weighted by Gasteiger charge is 2.54. The minimum absolute atomic E-state index is 0.0265. The fraction of sp³-hybridized carbons (Fsp3) is 1.00. The minimum atomic E-state index is -1.56. The minimum Gasteiger partial charge on any atom is -0.394 e. The molecule has 0 aromatic carbocycles. The molecule has 0 aromatic heterocycles. The first-order valence-electron chi connectivity index (χ1n) is 12.2. The average molecular weight is 509 g/mol. The second-order valence-corrected chi connectivity index (χ2v) is 10.0. The molecule has 0 spiro atoms. The molecule has 5 heterocycles. The Bertz CT molecular complexity index is 723. The van der Waals surface area contributed by atoms with E-state index in [-0.39, 0.29) is 30.8 Å². The molecule has 5 N–H and O–H groups in total. The van der Waals surface area contributed by atoms with Crippen molar-refractivity contribution < 1.29 is 63.4 Å². The monoisotopic (exact) mass is 508 g/mol. The quantitative estimate of drug-likeness (QED) is 0.262. The van der Waals surface area contributed by atoms with Crippen molar-refractivity contribution >= 4 is 0 Å². The highest BCUT2D eigenvalue weighted by molar-refractivity contribution is 4.97. The highest BCUT2D eigenvalue weighted by atomic mass is 16.8. The summed E-state index contributed by atoms with van der Waals surface area (Å²) in [6, 6.07) is 0. The fourth-order valence-electron chi connectivity index (χ4n) is 5.44. The molecule has 5 aliphatic rings. The van der Waals surface area contributed by atoms with Gasteiger partial charge in [0.15, 0.2) is 25.2 Å². The van der Waals surface area contributed by atoms with Crippen LogP contribution in [0.5, 0.6) is 0 Å². The van der Waals surface area contributed by atoms with E-state index in [1.165, 1.54) is 0 Å². The van der Waals surface area contributed by atoms with Crippen molar-refractivity contribution in [3.63, 3.8) is 0 Å². The van der Waals surface area contributed by atoms with Gasteiger partial charge in [0, 0.05) is 5.92 Å². The van der Waals surface area contributed by atoms with E-state index >= 15 is 0 Å². The Morgan fingerprint density at radius 1 is 0.686 bits per heavy atom. The summed E-state index contributed by atoms with van der Waals surface area (Å²) in [4.78, 5) is 0. The lowest BCUT2D eigenvalue weighted by Crippen LogP contribution is -2.66. The molecule has 35 heavy (non-hydrogen) atoms. The van der Waals surface area contributed by atoms with Gasteiger partial charge in [-0.15, -0.1) is 0 Å². The molecule has 0 saturated carbocycles. The van der Waals surface area contributed by atoms with Gasteiger partial charge in [0.25, 0.3) is 0 Å². The van der Waals surface area contributed by atoms with Crippen molar-refractivity contribution in [1.82, 2.24) is 0 Å². The predicted octanol–water partition coefficient (Wildman–Crippen LogP) is -2.57. The van der Waals surface area contributed by atoms with E-state index in [0.717, 1.165) is 0 Å². The normalized spacial score (nSPS) is 56.6. The first kappa shape index (κ1) is 26.1. The van der Waals surface area contributed by atoms with Gasteiger partial charge in [0.1, 0.15) is 54.9 Å². The molecule has 2 bridgehead atoms. The topological polar surface area (TPSA) is 175 Å². The molecule has 13 heteroatoms. The summed E-state index contributed by atoms with van der Waals surface area (Å²) in [6.07, 6.45) is -14.2. The standard InChI is InChI=1S/C22H36O13/c1-7-8(2)20-29-6-11(32-20)17(7)34-21-15(26)13(24)18(10(4-23)31-21)35-22-16(27)14(25)19-12(33-22)5-28-9(3)30-19/h7-27H,4-6H2,1-3H3/t7?,8?,9?,10?,11-,12?,13+,14+,15?,16?,17-,18+,19+,20-,21-,22-/m0/s1. The zero-order valence-corrected chi connectivity index (χ0v) is 19.9. The summed E-state index contributed by atoms with van der Waals surface area (Å²) in [5, 5.41) is 52.8. The molecule has 202 valence electrons. The Morgan fingerprint density at radius 2 is 1.34 bits per heavy atom. The Morgan fingerprint density at radius 3 is 2.09 bits per heavy atom. The largest absolute Gasteiger partial charge is 0.394 e. The Balaban J connectivity index is 1.25. The van der Waals surface area contributed by atoms with Gasteiger partial charge < -0.3 is 63.4 Å². The second-order valence-electron chi connectivity index (χ2n) is 10.0. The Labute approximate surface area is 202 Å². The molecule has 0 amide bonds. The second kappa shape index (κ2) is 10.3. The van der Waals surface area contributed by atoms with Gasteiger partial charge in [-0.3, -0.25) is 0 Å². The molecular weight excluding hydrogens is 472 g/mol. The summed E-state index contributed by atoms with van der Waals surface area (Å²) < 4.78 is 45.7. The SMILES string of the molecule is CC1OCC2O[C@@H](O[C@@H]3C(CO)O[C@@H](O[C@H]4C(C)C(C)[C@H]5OC[C@@H]4O5)C(O)[C@H]3O)C(O)[C@@H](O)[C@@H]2O1. The third kappa shape index (κ3) is 4.76.